The van der Waals surface area contributed by atoms with Gasteiger partial charge >= 0.3 is 0 Å². The third-order valence-corrected chi connectivity index (χ3v) is 2.43. The second-order valence-corrected chi connectivity index (χ2v) is 5.84. The third-order valence-electron chi connectivity index (χ3n) is 2.43. The molecule has 0 rings (SSSR count). The lowest BCUT2D eigenvalue weighted by Gasteiger charge is -2.25. The van der Waals surface area contributed by atoms with Crippen molar-refractivity contribution in [3.05, 3.63) is 0 Å². The van der Waals surface area contributed by atoms with Gasteiger partial charge in [0.1, 0.15) is 0 Å². The maximum atomic E-state index is 4.44. The quantitative estimate of drug-likeness (QED) is 0.476. The molecular formula is C13H30IN3. The summed E-state index contributed by atoms with van der Waals surface area (Å²) in [6.45, 7) is 12.0. The average molecular weight is 355 g/mol. The number of rotatable bonds is 4. The van der Waals surface area contributed by atoms with Crippen molar-refractivity contribution in [3.63, 3.8) is 0 Å². The Morgan fingerprint density at radius 1 is 1.29 bits per heavy atom. The molecule has 1 atom stereocenters. The zero-order valence-electron chi connectivity index (χ0n) is 12.5. The maximum Gasteiger partial charge on any atom is 0.193 e. The lowest BCUT2D eigenvalue weighted by Crippen LogP contribution is -2.41. The number of guanidine groups is 1. The number of nitrogens with zero attached hydrogens (tertiary/aromatic N) is 2. The molecule has 1 N–H and O–H groups in total. The van der Waals surface area contributed by atoms with Crippen LogP contribution in [0.2, 0.25) is 0 Å². The number of halogens is 1. The normalized spacial score (nSPS) is 13.9. The molecule has 0 saturated heterocycles. The van der Waals surface area contributed by atoms with E-state index in [1.807, 2.05) is 19.0 Å². The van der Waals surface area contributed by atoms with Gasteiger partial charge in [-0.2, -0.15) is 0 Å². The molecule has 0 saturated carbocycles. The Morgan fingerprint density at radius 3 is 2.18 bits per heavy atom. The Bertz CT molecular complexity index is 219. The molecule has 0 aliphatic heterocycles. The molecular weight excluding hydrogens is 325 g/mol. The molecule has 0 aliphatic rings. The van der Waals surface area contributed by atoms with E-state index in [4.69, 9.17) is 0 Å². The summed E-state index contributed by atoms with van der Waals surface area (Å²) in [6, 6.07) is 0.479. The van der Waals surface area contributed by atoms with Crippen LogP contribution in [0.4, 0.5) is 0 Å². The first-order valence-corrected chi connectivity index (χ1v) is 6.24. The fraction of sp³-hybridized carbons (Fsp3) is 0.923. The van der Waals surface area contributed by atoms with Crippen LogP contribution >= 0.6 is 24.0 Å². The topological polar surface area (TPSA) is 27.6 Å². The molecule has 17 heavy (non-hydrogen) atoms. The Morgan fingerprint density at radius 2 is 1.82 bits per heavy atom. The number of nitrogens with one attached hydrogen (secondary N) is 1. The number of aliphatic imine (C=N–C) groups is 1. The van der Waals surface area contributed by atoms with Crippen LogP contribution in [0.1, 0.15) is 47.5 Å². The minimum Gasteiger partial charge on any atom is -0.354 e. The molecule has 0 spiro atoms. The third kappa shape index (κ3) is 10.9. The van der Waals surface area contributed by atoms with Crippen molar-refractivity contribution in [3.8, 4) is 0 Å². The fourth-order valence-corrected chi connectivity index (χ4v) is 1.41. The van der Waals surface area contributed by atoms with Crippen LogP contribution in [0.15, 0.2) is 4.99 Å². The summed E-state index contributed by atoms with van der Waals surface area (Å²) in [7, 11) is 4.05. The van der Waals surface area contributed by atoms with Crippen LogP contribution < -0.4 is 5.32 Å². The monoisotopic (exact) mass is 355 g/mol. The van der Waals surface area contributed by atoms with Crippen LogP contribution in [0.3, 0.4) is 0 Å². The first kappa shape index (κ1) is 19.3. The molecule has 4 heteroatoms. The van der Waals surface area contributed by atoms with E-state index in [0.29, 0.717) is 11.5 Å². The van der Waals surface area contributed by atoms with Crippen molar-refractivity contribution in [2.75, 3.05) is 20.6 Å². The van der Waals surface area contributed by atoms with Gasteiger partial charge in [0.15, 0.2) is 5.96 Å². The second kappa shape index (κ2) is 9.00. The minimum absolute atomic E-state index is 0. The summed E-state index contributed by atoms with van der Waals surface area (Å²) in [6.07, 6.45) is 2.41. The molecule has 0 radical (unpaired) electrons. The first-order chi connectivity index (χ1) is 7.26. The van der Waals surface area contributed by atoms with Gasteiger partial charge in [-0.3, -0.25) is 4.99 Å². The molecule has 0 aliphatic carbocycles. The van der Waals surface area contributed by atoms with E-state index in [9.17, 15) is 0 Å². The highest BCUT2D eigenvalue weighted by molar-refractivity contribution is 14.0. The zero-order valence-corrected chi connectivity index (χ0v) is 14.8. The van der Waals surface area contributed by atoms with E-state index >= 15 is 0 Å². The lowest BCUT2D eigenvalue weighted by atomic mass is 9.89. The summed E-state index contributed by atoms with van der Waals surface area (Å²) < 4.78 is 0. The molecule has 3 nitrogen and oxygen atoms in total. The summed E-state index contributed by atoms with van der Waals surface area (Å²) >= 11 is 0. The van der Waals surface area contributed by atoms with Gasteiger partial charge < -0.3 is 10.2 Å². The van der Waals surface area contributed by atoms with Crippen molar-refractivity contribution in [2.45, 2.75) is 53.5 Å². The summed E-state index contributed by atoms with van der Waals surface area (Å²) in [5.41, 5.74) is 0.413. The van der Waals surface area contributed by atoms with Crippen molar-refractivity contribution < 1.29 is 0 Å². The van der Waals surface area contributed by atoms with E-state index < -0.39 is 0 Å². The fourth-order valence-electron chi connectivity index (χ4n) is 1.41. The van der Waals surface area contributed by atoms with E-state index in [0.717, 1.165) is 12.5 Å². The number of hydrogen-bond donors (Lipinski definition) is 1. The van der Waals surface area contributed by atoms with Crippen molar-refractivity contribution in [1.82, 2.24) is 10.2 Å². The maximum absolute atomic E-state index is 4.44. The van der Waals surface area contributed by atoms with Gasteiger partial charge in [-0.25, -0.2) is 0 Å². The highest BCUT2D eigenvalue weighted by Gasteiger charge is 2.13. The van der Waals surface area contributed by atoms with Crippen molar-refractivity contribution >= 4 is 29.9 Å². The average Bonchev–Trinajstić information content (AvgIpc) is 2.13. The van der Waals surface area contributed by atoms with Gasteiger partial charge in [-0.15, -0.1) is 24.0 Å². The Kier molecular flexibility index (Phi) is 10.2. The highest BCUT2D eigenvalue weighted by atomic mass is 127. The zero-order chi connectivity index (χ0) is 12.8. The van der Waals surface area contributed by atoms with Gasteiger partial charge in [-0.05, 0) is 32.1 Å². The Balaban J connectivity index is 0. The molecule has 0 aromatic carbocycles. The van der Waals surface area contributed by atoms with Gasteiger partial charge in [0.2, 0.25) is 0 Å². The highest BCUT2D eigenvalue weighted by Crippen LogP contribution is 2.21. The van der Waals surface area contributed by atoms with E-state index in [2.05, 4.69) is 44.9 Å². The molecule has 0 aromatic heterocycles. The first-order valence-electron chi connectivity index (χ1n) is 6.24. The smallest absolute Gasteiger partial charge is 0.193 e. The molecule has 1 unspecified atom stereocenters. The summed E-state index contributed by atoms with van der Waals surface area (Å²) in [5.74, 6) is 0.990. The predicted molar refractivity (Wildman–Crippen MR) is 88.4 cm³/mol. The van der Waals surface area contributed by atoms with Crippen LogP contribution in [0.5, 0.6) is 0 Å². The molecule has 0 aromatic rings. The van der Waals surface area contributed by atoms with Gasteiger partial charge in [0.25, 0.3) is 0 Å². The van der Waals surface area contributed by atoms with Crippen molar-refractivity contribution in [1.29, 1.82) is 0 Å². The van der Waals surface area contributed by atoms with E-state index in [1.165, 1.54) is 12.8 Å². The predicted octanol–water partition coefficient (Wildman–Crippen LogP) is 3.35. The van der Waals surface area contributed by atoms with E-state index in [1.54, 1.807) is 0 Å². The van der Waals surface area contributed by atoms with Crippen LogP contribution in [-0.4, -0.2) is 37.5 Å². The SMILES string of the molecule is CCN=C(NC(C)CCC(C)(C)C)N(C)C.I. The van der Waals surface area contributed by atoms with Gasteiger partial charge in [0.05, 0.1) is 0 Å². The summed E-state index contributed by atoms with van der Waals surface area (Å²) in [5, 5.41) is 3.47. The van der Waals surface area contributed by atoms with Crippen LogP contribution in [0, 0.1) is 5.41 Å². The number of hydrogen-bond acceptors (Lipinski definition) is 1. The molecule has 104 valence electrons. The van der Waals surface area contributed by atoms with Crippen LogP contribution in [-0.2, 0) is 0 Å². The standard InChI is InChI=1S/C13H29N3.HI/c1-8-14-12(16(6)7)15-11(2)9-10-13(3,4)5;/h11H,8-10H2,1-7H3,(H,14,15);1H. The van der Waals surface area contributed by atoms with Crippen molar-refractivity contribution in [2.24, 2.45) is 10.4 Å². The lowest BCUT2D eigenvalue weighted by molar-refractivity contribution is 0.344. The minimum atomic E-state index is 0. The van der Waals surface area contributed by atoms with Gasteiger partial charge in [0, 0.05) is 26.7 Å². The summed E-state index contributed by atoms with van der Waals surface area (Å²) in [4.78, 5) is 6.48. The van der Waals surface area contributed by atoms with E-state index in [-0.39, 0.29) is 24.0 Å². The Hall–Kier alpha value is 0. The second-order valence-electron chi connectivity index (χ2n) is 5.84. The Labute approximate surface area is 124 Å². The van der Waals surface area contributed by atoms with Crippen LogP contribution in [0.25, 0.3) is 0 Å². The molecule has 0 heterocycles. The molecule has 0 amide bonds. The molecule has 0 fully saturated rings. The molecule has 0 bridgehead atoms. The largest absolute Gasteiger partial charge is 0.354 e. The van der Waals surface area contributed by atoms with Gasteiger partial charge in [-0.1, -0.05) is 20.8 Å².